The van der Waals surface area contributed by atoms with Crippen LogP contribution in [0.1, 0.15) is 11.6 Å². The molecule has 1 fully saturated rings. The lowest BCUT2D eigenvalue weighted by Crippen LogP contribution is -2.46. The van der Waals surface area contributed by atoms with Crippen LogP contribution in [0.5, 0.6) is 0 Å². The van der Waals surface area contributed by atoms with Gasteiger partial charge < -0.3 is 10.5 Å². The van der Waals surface area contributed by atoms with Crippen LogP contribution < -0.4 is 5.73 Å². The first-order chi connectivity index (χ1) is 8.11. The van der Waals surface area contributed by atoms with Crippen molar-refractivity contribution in [1.29, 1.82) is 0 Å². The molecule has 17 heavy (non-hydrogen) atoms. The van der Waals surface area contributed by atoms with Crippen molar-refractivity contribution >= 4 is 0 Å². The summed E-state index contributed by atoms with van der Waals surface area (Å²) in [6, 6.07) is 3.34. The second-order valence-corrected chi connectivity index (χ2v) is 4.27. The number of likely N-dealkylation sites (N-methyl/N-ethyl adjacent to an activating group) is 1. The predicted octanol–water partition coefficient (Wildman–Crippen LogP) is 1.30. The Morgan fingerprint density at radius 2 is 2.00 bits per heavy atom. The number of hydrogen-bond donors (Lipinski definition) is 1. The van der Waals surface area contributed by atoms with E-state index in [2.05, 4.69) is 0 Å². The highest BCUT2D eigenvalue weighted by Gasteiger charge is 2.31. The Labute approximate surface area is 99.2 Å². The van der Waals surface area contributed by atoms with Gasteiger partial charge in [-0.15, -0.1) is 0 Å². The maximum atomic E-state index is 13.2. The molecule has 1 aromatic rings. The minimum Gasteiger partial charge on any atom is -0.374 e. The van der Waals surface area contributed by atoms with E-state index in [-0.39, 0.29) is 12.1 Å². The van der Waals surface area contributed by atoms with Crippen molar-refractivity contribution in [3.63, 3.8) is 0 Å². The summed E-state index contributed by atoms with van der Waals surface area (Å²) in [5.41, 5.74) is 6.20. The van der Waals surface area contributed by atoms with E-state index >= 15 is 0 Å². The SMILES string of the molecule is CN1CCOC(CN)C1c1cc(F)cc(F)c1. The quantitative estimate of drug-likeness (QED) is 0.849. The molecule has 5 heteroatoms. The van der Waals surface area contributed by atoms with Crippen molar-refractivity contribution in [3.8, 4) is 0 Å². The standard InChI is InChI=1S/C12H16F2N2O/c1-16-2-3-17-11(7-15)12(16)8-4-9(13)6-10(14)5-8/h4-6,11-12H,2-3,7,15H2,1H3. The minimum absolute atomic E-state index is 0.195. The van der Waals surface area contributed by atoms with Crippen molar-refractivity contribution in [2.24, 2.45) is 5.73 Å². The molecule has 3 nitrogen and oxygen atoms in total. The molecule has 1 aromatic carbocycles. The van der Waals surface area contributed by atoms with Crippen molar-refractivity contribution in [2.75, 3.05) is 26.7 Å². The summed E-state index contributed by atoms with van der Waals surface area (Å²) >= 11 is 0. The molecule has 1 saturated heterocycles. The zero-order valence-corrected chi connectivity index (χ0v) is 9.70. The lowest BCUT2D eigenvalue weighted by atomic mass is 9.98. The van der Waals surface area contributed by atoms with E-state index in [0.29, 0.717) is 18.7 Å². The summed E-state index contributed by atoms with van der Waals surface area (Å²) in [4.78, 5) is 2.01. The Morgan fingerprint density at radius 1 is 1.35 bits per heavy atom. The topological polar surface area (TPSA) is 38.5 Å². The Balaban J connectivity index is 2.34. The average molecular weight is 242 g/mol. The molecular weight excluding hydrogens is 226 g/mol. The van der Waals surface area contributed by atoms with Crippen molar-refractivity contribution in [1.82, 2.24) is 4.90 Å². The molecule has 0 aromatic heterocycles. The second kappa shape index (κ2) is 5.08. The number of ether oxygens (including phenoxy) is 1. The maximum absolute atomic E-state index is 13.2. The number of nitrogens with two attached hydrogens (primary N) is 1. The summed E-state index contributed by atoms with van der Waals surface area (Å²) in [6.45, 7) is 1.64. The number of halogens is 2. The van der Waals surface area contributed by atoms with Gasteiger partial charge in [0.1, 0.15) is 11.6 Å². The highest BCUT2D eigenvalue weighted by molar-refractivity contribution is 5.23. The van der Waals surface area contributed by atoms with Crippen LogP contribution in [0, 0.1) is 11.6 Å². The number of rotatable bonds is 2. The zero-order chi connectivity index (χ0) is 12.4. The van der Waals surface area contributed by atoms with Gasteiger partial charge in [-0.1, -0.05) is 0 Å². The maximum Gasteiger partial charge on any atom is 0.126 e. The first-order valence-electron chi connectivity index (χ1n) is 5.59. The van der Waals surface area contributed by atoms with Gasteiger partial charge >= 0.3 is 0 Å². The fraction of sp³-hybridized carbons (Fsp3) is 0.500. The Morgan fingerprint density at radius 3 is 2.59 bits per heavy atom. The minimum atomic E-state index is -0.574. The largest absolute Gasteiger partial charge is 0.374 e. The van der Waals surface area contributed by atoms with E-state index in [1.54, 1.807) is 0 Å². The lowest BCUT2D eigenvalue weighted by Gasteiger charge is -2.38. The van der Waals surface area contributed by atoms with Gasteiger partial charge in [-0.25, -0.2) is 8.78 Å². The summed E-state index contributed by atoms with van der Waals surface area (Å²) < 4.78 is 32.0. The van der Waals surface area contributed by atoms with Gasteiger partial charge in [0.05, 0.1) is 18.8 Å². The van der Waals surface area contributed by atoms with E-state index in [4.69, 9.17) is 10.5 Å². The molecule has 0 amide bonds. The molecule has 2 unspecified atom stereocenters. The van der Waals surface area contributed by atoms with Crippen LogP contribution in [-0.2, 0) is 4.74 Å². The normalized spacial score (nSPS) is 26.1. The first kappa shape index (κ1) is 12.4. The predicted molar refractivity (Wildman–Crippen MR) is 60.5 cm³/mol. The molecule has 1 aliphatic heterocycles. The number of morpholine rings is 1. The van der Waals surface area contributed by atoms with E-state index < -0.39 is 11.6 Å². The molecule has 2 rings (SSSR count). The molecule has 0 bridgehead atoms. The van der Waals surface area contributed by atoms with Gasteiger partial charge in [0.25, 0.3) is 0 Å². The van der Waals surface area contributed by atoms with Crippen molar-refractivity contribution < 1.29 is 13.5 Å². The van der Waals surface area contributed by atoms with Crippen LogP contribution in [0.4, 0.5) is 8.78 Å². The molecule has 0 spiro atoms. The lowest BCUT2D eigenvalue weighted by molar-refractivity contribution is -0.0577. The van der Waals surface area contributed by atoms with Gasteiger partial charge in [0.15, 0.2) is 0 Å². The van der Waals surface area contributed by atoms with E-state index in [0.717, 1.165) is 12.6 Å². The third-order valence-electron chi connectivity index (χ3n) is 3.06. The summed E-state index contributed by atoms with van der Waals surface area (Å²) in [5.74, 6) is -1.15. The third-order valence-corrected chi connectivity index (χ3v) is 3.06. The van der Waals surface area contributed by atoms with Crippen LogP contribution >= 0.6 is 0 Å². The molecule has 1 aliphatic rings. The molecule has 1 heterocycles. The Hall–Kier alpha value is -1.04. The van der Waals surface area contributed by atoms with Crippen LogP contribution in [-0.4, -0.2) is 37.7 Å². The molecular formula is C12H16F2N2O. The monoisotopic (exact) mass is 242 g/mol. The fourth-order valence-electron chi connectivity index (χ4n) is 2.27. The number of hydrogen-bond acceptors (Lipinski definition) is 3. The summed E-state index contributed by atoms with van der Waals surface area (Å²) in [6.07, 6.45) is -0.227. The zero-order valence-electron chi connectivity index (χ0n) is 9.70. The van der Waals surface area contributed by atoms with Crippen LogP contribution in [0.15, 0.2) is 18.2 Å². The smallest absolute Gasteiger partial charge is 0.126 e. The Bertz CT molecular complexity index is 380. The van der Waals surface area contributed by atoms with Crippen LogP contribution in [0.25, 0.3) is 0 Å². The highest BCUT2D eigenvalue weighted by atomic mass is 19.1. The number of nitrogens with zero attached hydrogens (tertiary/aromatic N) is 1. The highest BCUT2D eigenvalue weighted by Crippen LogP contribution is 2.28. The molecule has 0 aliphatic carbocycles. The van der Waals surface area contributed by atoms with Gasteiger partial charge in [-0.3, -0.25) is 4.90 Å². The first-order valence-corrected chi connectivity index (χ1v) is 5.59. The second-order valence-electron chi connectivity index (χ2n) is 4.27. The van der Waals surface area contributed by atoms with Crippen molar-refractivity contribution in [3.05, 3.63) is 35.4 Å². The summed E-state index contributed by atoms with van der Waals surface area (Å²) in [7, 11) is 1.90. The molecule has 0 saturated carbocycles. The van der Waals surface area contributed by atoms with E-state index in [1.165, 1.54) is 12.1 Å². The third kappa shape index (κ3) is 2.62. The van der Waals surface area contributed by atoms with Gasteiger partial charge in [-0.05, 0) is 24.7 Å². The molecule has 94 valence electrons. The molecule has 2 N–H and O–H groups in total. The molecule has 2 atom stereocenters. The van der Waals surface area contributed by atoms with E-state index in [1.807, 2.05) is 11.9 Å². The summed E-state index contributed by atoms with van der Waals surface area (Å²) in [5, 5.41) is 0. The van der Waals surface area contributed by atoms with Gasteiger partial charge in [0.2, 0.25) is 0 Å². The van der Waals surface area contributed by atoms with E-state index in [9.17, 15) is 8.78 Å². The van der Waals surface area contributed by atoms with Gasteiger partial charge in [0, 0.05) is 19.2 Å². The fourth-order valence-corrected chi connectivity index (χ4v) is 2.27. The molecule has 0 radical (unpaired) electrons. The average Bonchev–Trinajstić information content (AvgIpc) is 2.27. The van der Waals surface area contributed by atoms with Crippen molar-refractivity contribution in [2.45, 2.75) is 12.1 Å². The van der Waals surface area contributed by atoms with Gasteiger partial charge in [-0.2, -0.15) is 0 Å². The number of benzene rings is 1. The van der Waals surface area contributed by atoms with Crippen LogP contribution in [0.3, 0.4) is 0 Å². The Kier molecular flexibility index (Phi) is 3.71. The van der Waals surface area contributed by atoms with Crippen LogP contribution in [0.2, 0.25) is 0 Å².